The SMILES string of the molecule is Cc1cc(NC(=O)CSc2nc3ccccc3c(=O)n2C)c([N+](=O)[O-])cc1C. The Morgan fingerprint density at radius 1 is 1.25 bits per heavy atom. The van der Waals surface area contributed by atoms with E-state index in [0.29, 0.717) is 16.1 Å². The number of hydrogen-bond donors (Lipinski definition) is 1. The number of carbonyl (C=O) groups is 1. The third kappa shape index (κ3) is 3.89. The molecule has 0 aliphatic heterocycles. The lowest BCUT2D eigenvalue weighted by atomic mass is 10.1. The number of rotatable bonds is 5. The molecule has 144 valence electrons. The number of thioether (sulfide) groups is 1. The third-order valence-corrected chi connectivity index (χ3v) is 5.39. The van der Waals surface area contributed by atoms with Gasteiger partial charge in [-0.25, -0.2) is 4.98 Å². The van der Waals surface area contributed by atoms with Crippen molar-refractivity contribution in [1.82, 2.24) is 9.55 Å². The first-order valence-corrected chi connectivity index (χ1v) is 9.40. The van der Waals surface area contributed by atoms with E-state index >= 15 is 0 Å². The first-order valence-electron chi connectivity index (χ1n) is 8.42. The number of hydrogen-bond acceptors (Lipinski definition) is 6. The van der Waals surface area contributed by atoms with E-state index in [9.17, 15) is 19.7 Å². The second-order valence-corrected chi connectivity index (χ2v) is 7.27. The van der Waals surface area contributed by atoms with Crippen LogP contribution in [0.1, 0.15) is 11.1 Å². The number of nitro benzene ring substituents is 1. The zero-order chi connectivity index (χ0) is 20.4. The molecule has 0 aliphatic rings. The Morgan fingerprint density at radius 2 is 1.93 bits per heavy atom. The molecule has 0 radical (unpaired) electrons. The maximum absolute atomic E-state index is 12.4. The predicted octanol–water partition coefficient (Wildman–Crippen LogP) is 3.19. The molecule has 3 rings (SSSR count). The molecule has 1 aromatic heterocycles. The van der Waals surface area contributed by atoms with Crippen LogP contribution in [-0.4, -0.2) is 26.1 Å². The highest BCUT2D eigenvalue weighted by Gasteiger charge is 2.18. The van der Waals surface area contributed by atoms with Crippen molar-refractivity contribution in [1.29, 1.82) is 0 Å². The Bertz CT molecular complexity index is 1160. The average Bonchev–Trinajstić information content (AvgIpc) is 2.66. The van der Waals surface area contributed by atoms with Gasteiger partial charge in [0.15, 0.2) is 5.16 Å². The largest absolute Gasteiger partial charge is 0.320 e. The molecule has 9 heteroatoms. The summed E-state index contributed by atoms with van der Waals surface area (Å²) in [6.45, 7) is 3.59. The van der Waals surface area contributed by atoms with Crippen molar-refractivity contribution in [2.75, 3.05) is 11.1 Å². The summed E-state index contributed by atoms with van der Waals surface area (Å²) in [5.41, 5.74) is 1.97. The number of fused-ring (bicyclic) bond motifs is 1. The van der Waals surface area contributed by atoms with Gasteiger partial charge in [0.25, 0.3) is 11.2 Å². The van der Waals surface area contributed by atoms with Gasteiger partial charge in [-0.15, -0.1) is 0 Å². The first kappa shape index (κ1) is 19.6. The molecule has 3 aromatic rings. The lowest BCUT2D eigenvalue weighted by Gasteiger charge is -2.10. The Morgan fingerprint density at radius 3 is 2.64 bits per heavy atom. The number of carbonyl (C=O) groups excluding carboxylic acids is 1. The standard InChI is InChI=1S/C19H18N4O4S/c1-11-8-15(16(23(26)27)9-12(11)2)20-17(24)10-28-19-21-14-7-5-4-6-13(14)18(25)22(19)3/h4-9H,10H2,1-3H3,(H,20,24). The molecule has 0 atom stereocenters. The van der Waals surface area contributed by atoms with Crippen LogP contribution in [0.3, 0.4) is 0 Å². The smallest absolute Gasteiger partial charge is 0.293 e. The minimum Gasteiger partial charge on any atom is -0.320 e. The minimum absolute atomic E-state index is 0.0390. The topological polar surface area (TPSA) is 107 Å². The van der Waals surface area contributed by atoms with Gasteiger partial charge in [0.1, 0.15) is 5.69 Å². The van der Waals surface area contributed by atoms with E-state index in [2.05, 4.69) is 10.3 Å². The number of para-hydroxylation sites is 1. The Hall–Kier alpha value is -3.20. The summed E-state index contributed by atoms with van der Waals surface area (Å²) in [6.07, 6.45) is 0. The fourth-order valence-corrected chi connectivity index (χ4v) is 3.47. The van der Waals surface area contributed by atoms with Gasteiger partial charge in [0, 0.05) is 13.1 Å². The molecule has 0 fully saturated rings. The van der Waals surface area contributed by atoms with E-state index in [-0.39, 0.29) is 22.7 Å². The van der Waals surface area contributed by atoms with Crippen molar-refractivity contribution in [3.05, 3.63) is 68.0 Å². The van der Waals surface area contributed by atoms with Gasteiger partial charge < -0.3 is 5.32 Å². The summed E-state index contributed by atoms with van der Waals surface area (Å²) in [6, 6.07) is 10.0. The number of nitrogens with one attached hydrogen (secondary N) is 1. The van der Waals surface area contributed by atoms with Crippen molar-refractivity contribution in [3.63, 3.8) is 0 Å². The van der Waals surface area contributed by atoms with Gasteiger partial charge in [0.05, 0.1) is 21.6 Å². The van der Waals surface area contributed by atoms with E-state index in [1.165, 1.54) is 10.6 Å². The van der Waals surface area contributed by atoms with E-state index in [1.54, 1.807) is 44.3 Å². The van der Waals surface area contributed by atoms with Gasteiger partial charge in [-0.3, -0.25) is 24.3 Å². The highest BCUT2D eigenvalue weighted by atomic mass is 32.2. The zero-order valence-corrected chi connectivity index (χ0v) is 16.4. The van der Waals surface area contributed by atoms with Crippen LogP contribution in [0, 0.1) is 24.0 Å². The summed E-state index contributed by atoms with van der Waals surface area (Å²) in [4.78, 5) is 39.9. The second kappa shape index (κ2) is 7.81. The van der Waals surface area contributed by atoms with Crippen molar-refractivity contribution >= 4 is 39.9 Å². The van der Waals surface area contributed by atoms with Gasteiger partial charge in [0.2, 0.25) is 5.91 Å². The van der Waals surface area contributed by atoms with Gasteiger partial charge >= 0.3 is 0 Å². The van der Waals surface area contributed by atoms with Crippen molar-refractivity contribution < 1.29 is 9.72 Å². The number of nitrogens with zero attached hydrogens (tertiary/aromatic N) is 3. The molecule has 1 amide bonds. The van der Waals surface area contributed by atoms with Crippen LogP contribution in [-0.2, 0) is 11.8 Å². The maximum atomic E-state index is 12.4. The summed E-state index contributed by atoms with van der Waals surface area (Å²) in [5, 5.41) is 14.7. The molecular weight excluding hydrogens is 380 g/mol. The number of amides is 1. The molecule has 2 aromatic carbocycles. The van der Waals surface area contributed by atoms with Gasteiger partial charge in [-0.05, 0) is 43.2 Å². The number of aromatic nitrogens is 2. The van der Waals surface area contributed by atoms with E-state index < -0.39 is 10.8 Å². The Balaban J connectivity index is 1.80. The summed E-state index contributed by atoms with van der Waals surface area (Å²) in [7, 11) is 1.59. The van der Waals surface area contributed by atoms with Gasteiger partial charge in [-0.1, -0.05) is 23.9 Å². The number of aryl methyl sites for hydroxylation is 2. The minimum atomic E-state index is -0.524. The molecule has 0 spiro atoms. The molecule has 0 unspecified atom stereocenters. The van der Waals surface area contributed by atoms with Crippen molar-refractivity contribution in [2.45, 2.75) is 19.0 Å². The fourth-order valence-electron chi connectivity index (χ4n) is 2.70. The zero-order valence-electron chi connectivity index (χ0n) is 15.6. The third-order valence-electron chi connectivity index (χ3n) is 4.36. The van der Waals surface area contributed by atoms with Crippen LogP contribution < -0.4 is 10.9 Å². The lowest BCUT2D eigenvalue weighted by molar-refractivity contribution is -0.384. The molecule has 1 N–H and O–H groups in total. The monoisotopic (exact) mass is 398 g/mol. The van der Waals surface area contributed by atoms with E-state index in [4.69, 9.17) is 0 Å². The molecule has 8 nitrogen and oxygen atoms in total. The second-order valence-electron chi connectivity index (χ2n) is 6.32. The Labute approximate surface area is 164 Å². The fraction of sp³-hybridized carbons (Fsp3) is 0.211. The molecule has 0 saturated heterocycles. The summed E-state index contributed by atoms with van der Waals surface area (Å²) < 4.78 is 1.39. The van der Waals surface area contributed by atoms with E-state index in [0.717, 1.165) is 22.9 Å². The van der Waals surface area contributed by atoms with E-state index in [1.807, 2.05) is 6.92 Å². The normalized spacial score (nSPS) is 10.8. The highest BCUT2D eigenvalue weighted by molar-refractivity contribution is 7.99. The number of anilines is 1. The summed E-state index contributed by atoms with van der Waals surface area (Å²) >= 11 is 1.09. The van der Waals surface area contributed by atoms with Crippen LogP contribution in [0.2, 0.25) is 0 Å². The van der Waals surface area contributed by atoms with Gasteiger partial charge in [-0.2, -0.15) is 0 Å². The molecule has 0 bridgehead atoms. The Kier molecular flexibility index (Phi) is 5.46. The molecule has 1 heterocycles. The quantitative estimate of drug-likeness (QED) is 0.306. The highest BCUT2D eigenvalue weighted by Crippen LogP contribution is 2.28. The summed E-state index contributed by atoms with van der Waals surface area (Å²) in [5.74, 6) is -0.457. The van der Waals surface area contributed by atoms with Crippen molar-refractivity contribution in [2.24, 2.45) is 7.05 Å². The molecule has 28 heavy (non-hydrogen) atoms. The van der Waals surface area contributed by atoms with Crippen LogP contribution in [0.25, 0.3) is 10.9 Å². The first-order chi connectivity index (χ1) is 13.3. The lowest BCUT2D eigenvalue weighted by Crippen LogP contribution is -2.21. The molecule has 0 saturated carbocycles. The predicted molar refractivity (Wildman–Crippen MR) is 109 cm³/mol. The van der Waals surface area contributed by atoms with Crippen LogP contribution in [0.4, 0.5) is 11.4 Å². The van der Waals surface area contributed by atoms with Crippen LogP contribution in [0.15, 0.2) is 46.3 Å². The van der Waals surface area contributed by atoms with Crippen molar-refractivity contribution in [3.8, 4) is 0 Å². The van der Waals surface area contributed by atoms with Crippen LogP contribution >= 0.6 is 11.8 Å². The maximum Gasteiger partial charge on any atom is 0.293 e. The molecule has 0 aliphatic carbocycles. The molecular formula is C19H18N4O4S. The average molecular weight is 398 g/mol. The number of nitro groups is 1. The number of benzene rings is 2. The van der Waals surface area contributed by atoms with Crippen LogP contribution in [0.5, 0.6) is 0 Å².